The third kappa shape index (κ3) is 5.87. The highest BCUT2D eigenvalue weighted by Gasteiger charge is 2.19. The number of hydrogen-bond acceptors (Lipinski definition) is 8. The Balaban J connectivity index is 1.24. The number of pyridine rings is 2. The minimum absolute atomic E-state index is 0.0549. The van der Waals surface area contributed by atoms with Gasteiger partial charge >= 0.3 is 6.03 Å². The van der Waals surface area contributed by atoms with Crippen LogP contribution >= 0.6 is 11.3 Å². The van der Waals surface area contributed by atoms with E-state index in [-0.39, 0.29) is 15.5 Å². The van der Waals surface area contributed by atoms with Crippen molar-refractivity contribution >= 4 is 49.5 Å². The standard InChI is InChI=1S/C26H28N6O4S2/c1-18-4-9-24(37-18)38(35,36)30-26(34)29-21-6-8-23(28-17-21)32-14-10-19-16-20(5-7-22(19)25(32)33)27-11-15-31-12-2-3-13-31/h4-10,14,16-17,27H,2-3,11-13,15H2,1H3,(H2,29,30,34). The number of amides is 2. The van der Waals surface area contributed by atoms with Crippen molar-refractivity contribution in [3.05, 3.63) is 76.2 Å². The lowest BCUT2D eigenvalue weighted by Gasteiger charge is -2.15. The highest BCUT2D eigenvalue weighted by atomic mass is 32.2. The van der Waals surface area contributed by atoms with Crippen molar-refractivity contribution in [2.45, 2.75) is 24.0 Å². The van der Waals surface area contributed by atoms with Crippen LogP contribution < -0.4 is 20.9 Å². The van der Waals surface area contributed by atoms with Crippen LogP contribution in [-0.4, -0.2) is 55.1 Å². The number of benzene rings is 1. The number of thiophene rings is 1. The Bertz CT molecular complexity index is 1620. The maximum Gasteiger partial charge on any atom is 0.333 e. The minimum Gasteiger partial charge on any atom is -0.384 e. The van der Waals surface area contributed by atoms with E-state index in [1.165, 1.54) is 29.7 Å². The van der Waals surface area contributed by atoms with Crippen molar-refractivity contribution in [2.24, 2.45) is 0 Å². The summed E-state index contributed by atoms with van der Waals surface area (Å²) in [4.78, 5) is 32.9. The van der Waals surface area contributed by atoms with Crippen molar-refractivity contribution in [3.63, 3.8) is 0 Å². The van der Waals surface area contributed by atoms with Crippen molar-refractivity contribution in [3.8, 4) is 5.82 Å². The molecule has 0 bridgehead atoms. The SMILES string of the molecule is Cc1ccc(S(=O)(=O)NC(=O)Nc2ccc(-n3ccc4cc(NCCN5CCCC5)ccc4c3=O)nc2)s1. The molecular weight excluding hydrogens is 524 g/mol. The molecule has 0 aliphatic carbocycles. The third-order valence-electron chi connectivity index (χ3n) is 6.32. The van der Waals surface area contributed by atoms with E-state index >= 15 is 0 Å². The van der Waals surface area contributed by atoms with Gasteiger partial charge in [-0.25, -0.2) is 22.9 Å². The number of rotatable bonds is 8. The number of urea groups is 1. The number of nitrogens with one attached hydrogen (secondary N) is 3. The largest absolute Gasteiger partial charge is 0.384 e. The zero-order valence-electron chi connectivity index (χ0n) is 20.8. The van der Waals surface area contributed by atoms with Gasteiger partial charge in [0.05, 0.1) is 11.9 Å². The molecule has 4 heterocycles. The molecular formula is C26H28N6O4S2. The number of anilines is 2. The summed E-state index contributed by atoms with van der Waals surface area (Å²) < 4.78 is 28.1. The highest BCUT2D eigenvalue weighted by molar-refractivity contribution is 7.92. The first-order chi connectivity index (χ1) is 18.3. The molecule has 1 fully saturated rings. The van der Waals surface area contributed by atoms with Gasteiger partial charge in [0.15, 0.2) is 0 Å². The molecule has 10 nitrogen and oxygen atoms in total. The number of hydrogen-bond donors (Lipinski definition) is 3. The van der Waals surface area contributed by atoms with Gasteiger partial charge in [0.2, 0.25) is 0 Å². The summed E-state index contributed by atoms with van der Waals surface area (Å²) in [6.07, 6.45) is 5.56. The quantitative estimate of drug-likeness (QED) is 0.304. The number of sulfonamides is 1. The van der Waals surface area contributed by atoms with E-state index in [2.05, 4.69) is 20.5 Å². The van der Waals surface area contributed by atoms with Crippen molar-refractivity contribution in [1.82, 2.24) is 19.2 Å². The number of carbonyl (C=O) groups excluding carboxylic acids is 1. The fourth-order valence-electron chi connectivity index (χ4n) is 4.39. The fraction of sp³-hybridized carbons (Fsp3) is 0.269. The lowest BCUT2D eigenvalue weighted by atomic mass is 10.1. The van der Waals surface area contributed by atoms with Gasteiger partial charge in [0.1, 0.15) is 10.0 Å². The smallest absolute Gasteiger partial charge is 0.333 e. The van der Waals surface area contributed by atoms with E-state index in [4.69, 9.17) is 0 Å². The zero-order chi connectivity index (χ0) is 26.7. The molecule has 2 amide bonds. The van der Waals surface area contributed by atoms with Crippen LogP contribution in [0.1, 0.15) is 17.7 Å². The Kier molecular flexibility index (Phi) is 7.45. The number of likely N-dealkylation sites (tertiary alicyclic amines) is 1. The van der Waals surface area contributed by atoms with Gasteiger partial charge in [0.25, 0.3) is 15.6 Å². The molecule has 4 aromatic rings. The summed E-state index contributed by atoms with van der Waals surface area (Å²) >= 11 is 1.07. The van der Waals surface area contributed by atoms with E-state index in [1.807, 2.05) is 29.0 Å². The van der Waals surface area contributed by atoms with E-state index in [1.54, 1.807) is 31.3 Å². The molecule has 3 N–H and O–H groups in total. The predicted octanol–water partition coefficient (Wildman–Crippen LogP) is 3.77. The molecule has 198 valence electrons. The lowest BCUT2D eigenvalue weighted by Crippen LogP contribution is -2.34. The van der Waals surface area contributed by atoms with Gasteiger partial charge in [0, 0.05) is 35.2 Å². The molecule has 5 rings (SSSR count). The van der Waals surface area contributed by atoms with Gasteiger partial charge in [-0.15, -0.1) is 11.3 Å². The Morgan fingerprint density at radius 3 is 2.55 bits per heavy atom. The number of nitrogens with zero attached hydrogens (tertiary/aromatic N) is 3. The summed E-state index contributed by atoms with van der Waals surface area (Å²) in [5.41, 5.74) is 1.04. The summed E-state index contributed by atoms with van der Waals surface area (Å²) in [5.74, 6) is 0.373. The zero-order valence-corrected chi connectivity index (χ0v) is 22.4. The fourth-order valence-corrected chi connectivity index (χ4v) is 6.58. The third-order valence-corrected chi connectivity index (χ3v) is 9.14. The number of aryl methyl sites for hydroxylation is 1. The van der Waals surface area contributed by atoms with Crippen LogP contribution in [0.15, 0.2) is 69.9 Å². The topological polar surface area (TPSA) is 125 Å². The van der Waals surface area contributed by atoms with Crippen LogP contribution in [0.5, 0.6) is 0 Å². The summed E-state index contributed by atoms with van der Waals surface area (Å²) in [7, 11) is -3.96. The van der Waals surface area contributed by atoms with Gasteiger partial charge < -0.3 is 15.5 Å². The average molecular weight is 553 g/mol. The molecule has 3 aromatic heterocycles. The maximum atomic E-state index is 13.1. The highest BCUT2D eigenvalue weighted by Crippen LogP contribution is 2.21. The summed E-state index contributed by atoms with van der Waals surface area (Å²) in [5, 5.41) is 7.28. The first-order valence-electron chi connectivity index (χ1n) is 12.3. The second-order valence-electron chi connectivity index (χ2n) is 9.10. The maximum absolute atomic E-state index is 13.1. The first kappa shape index (κ1) is 25.9. The molecule has 0 unspecified atom stereocenters. The Morgan fingerprint density at radius 1 is 1.05 bits per heavy atom. The van der Waals surface area contributed by atoms with Gasteiger partial charge in [-0.05, 0) is 86.8 Å². The molecule has 1 saturated heterocycles. The van der Waals surface area contributed by atoms with E-state index < -0.39 is 16.1 Å². The normalized spacial score (nSPS) is 14.0. The van der Waals surface area contributed by atoms with Crippen LogP contribution in [-0.2, 0) is 10.0 Å². The van der Waals surface area contributed by atoms with Crippen molar-refractivity contribution in [1.29, 1.82) is 0 Å². The molecule has 0 radical (unpaired) electrons. The predicted molar refractivity (Wildman–Crippen MR) is 150 cm³/mol. The van der Waals surface area contributed by atoms with Gasteiger partial charge in [-0.2, -0.15) is 0 Å². The number of carbonyl (C=O) groups is 1. The Morgan fingerprint density at radius 2 is 1.84 bits per heavy atom. The van der Waals surface area contributed by atoms with Crippen LogP contribution in [0.2, 0.25) is 0 Å². The van der Waals surface area contributed by atoms with E-state index in [0.29, 0.717) is 11.2 Å². The Hall–Kier alpha value is -3.74. The monoisotopic (exact) mass is 552 g/mol. The molecule has 1 aromatic carbocycles. The average Bonchev–Trinajstić information content (AvgIpc) is 3.57. The summed E-state index contributed by atoms with van der Waals surface area (Å²) in [6.45, 7) is 5.96. The molecule has 0 spiro atoms. The first-order valence-corrected chi connectivity index (χ1v) is 14.6. The van der Waals surface area contributed by atoms with Gasteiger partial charge in [-0.3, -0.25) is 9.36 Å². The molecule has 1 aliphatic rings. The second kappa shape index (κ2) is 10.9. The van der Waals surface area contributed by atoms with Crippen LogP contribution in [0.4, 0.5) is 16.2 Å². The Labute approximate surface area is 224 Å². The van der Waals surface area contributed by atoms with Crippen molar-refractivity contribution in [2.75, 3.05) is 36.8 Å². The van der Waals surface area contributed by atoms with E-state index in [0.717, 1.165) is 53.5 Å². The lowest BCUT2D eigenvalue weighted by molar-refractivity contribution is 0.256. The second-order valence-corrected chi connectivity index (χ2v) is 12.3. The van der Waals surface area contributed by atoms with Gasteiger partial charge in [-0.1, -0.05) is 0 Å². The molecule has 38 heavy (non-hydrogen) atoms. The number of fused-ring (bicyclic) bond motifs is 1. The number of aromatic nitrogens is 2. The van der Waals surface area contributed by atoms with Crippen molar-refractivity contribution < 1.29 is 13.2 Å². The minimum atomic E-state index is -3.96. The van der Waals surface area contributed by atoms with Crippen LogP contribution in [0, 0.1) is 6.92 Å². The van der Waals surface area contributed by atoms with Crippen LogP contribution in [0.25, 0.3) is 16.6 Å². The molecule has 1 aliphatic heterocycles. The summed E-state index contributed by atoms with van der Waals surface area (Å²) in [6, 6.07) is 12.9. The molecule has 0 atom stereocenters. The molecule has 12 heteroatoms. The van der Waals surface area contributed by atoms with Crippen LogP contribution in [0.3, 0.4) is 0 Å². The van der Waals surface area contributed by atoms with E-state index in [9.17, 15) is 18.0 Å². The molecule has 0 saturated carbocycles.